The second-order valence-corrected chi connectivity index (χ2v) is 5.19. The summed E-state index contributed by atoms with van der Waals surface area (Å²) in [5, 5.41) is 8.06. The molecule has 1 atom stereocenters. The van der Waals surface area contributed by atoms with E-state index in [4.69, 9.17) is 13.7 Å². The predicted molar refractivity (Wildman–Crippen MR) is 91.2 cm³/mol. The van der Waals surface area contributed by atoms with E-state index in [0.29, 0.717) is 18.9 Å². The first-order valence-corrected chi connectivity index (χ1v) is 7.52. The van der Waals surface area contributed by atoms with Gasteiger partial charge in [-0.15, -0.1) is 12.4 Å². The average Bonchev–Trinajstić information content (AvgIpc) is 3.19. The summed E-state index contributed by atoms with van der Waals surface area (Å²) >= 11 is 0. The minimum atomic E-state index is -0.479. The minimum absolute atomic E-state index is 0. The Kier molecular flexibility index (Phi) is 6.00. The first-order chi connectivity index (χ1) is 11.2. The molecular weight excluding hydrogens is 332 g/mol. The summed E-state index contributed by atoms with van der Waals surface area (Å²) in [4.78, 5) is 11.5. The highest BCUT2D eigenvalue weighted by molar-refractivity contribution is 5.87. The molecule has 0 aliphatic rings. The van der Waals surface area contributed by atoms with Gasteiger partial charge in [0, 0.05) is 11.5 Å². The Hall–Kier alpha value is -2.31. The number of furan rings is 1. The van der Waals surface area contributed by atoms with Gasteiger partial charge in [0.25, 0.3) is 0 Å². The Morgan fingerprint density at radius 3 is 2.88 bits per heavy atom. The van der Waals surface area contributed by atoms with Crippen LogP contribution in [-0.4, -0.2) is 17.7 Å². The Labute approximate surface area is 145 Å². The molecule has 0 aliphatic heterocycles. The molecule has 0 fully saturated rings. The molecule has 6 nitrogen and oxygen atoms in total. The van der Waals surface area contributed by atoms with E-state index in [0.717, 1.165) is 16.7 Å². The van der Waals surface area contributed by atoms with E-state index < -0.39 is 5.97 Å². The lowest BCUT2D eigenvalue weighted by Crippen LogP contribution is -2.17. The third-order valence-corrected chi connectivity index (χ3v) is 3.50. The van der Waals surface area contributed by atoms with Gasteiger partial charge in [-0.25, -0.2) is 4.79 Å². The molecule has 0 amide bonds. The normalized spacial score (nSPS) is 11.9. The fourth-order valence-corrected chi connectivity index (χ4v) is 2.27. The number of rotatable bonds is 6. The smallest absolute Gasteiger partial charge is 0.360 e. The minimum Gasteiger partial charge on any atom is -0.461 e. The highest BCUT2D eigenvalue weighted by Crippen LogP contribution is 2.23. The van der Waals surface area contributed by atoms with Gasteiger partial charge in [0.15, 0.2) is 11.5 Å². The molecule has 3 aromatic rings. The Morgan fingerprint density at radius 2 is 2.12 bits per heavy atom. The second-order valence-electron chi connectivity index (χ2n) is 5.19. The highest BCUT2D eigenvalue weighted by Gasteiger charge is 2.15. The first kappa shape index (κ1) is 18.0. The zero-order valence-corrected chi connectivity index (χ0v) is 14.3. The van der Waals surface area contributed by atoms with Crippen LogP contribution < -0.4 is 5.32 Å². The maximum Gasteiger partial charge on any atom is 0.360 e. The molecule has 0 radical (unpaired) electrons. The van der Waals surface area contributed by atoms with Crippen molar-refractivity contribution in [2.75, 3.05) is 6.61 Å². The molecule has 2 heterocycles. The predicted octanol–water partition coefficient (Wildman–Crippen LogP) is 3.87. The molecule has 3 rings (SSSR count). The van der Waals surface area contributed by atoms with Crippen molar-refractivity contribution >= 4 is 29.3 Å². The quantitative estimate of drug-likeness (QED) is 0.680. The number of halogens is 1. The lowest BCUT2D eigenvalue weighted by molar-refractivity contribution is 0.0514. The Morgan fingerprint density at radius 1 is 1.33 bits per heavy atom. The first-order valence-electron chi connectivity index (χ1n) is 7.52. The summed E-state index contributed by atoms with van der Waals surface area (Å²) in [6.07, 6.45) is 0. The molecule has 0 bridgehead atoms. The highest BCUT2D eigenvalue weighted by atomic mass is 35.5. The summed E-state index contributed by atoms with van der Waals surface area (Å²) in [6.45, 7) is 4.49. The number of nitrogens with zero attached hydrogens (tertiary/aromatic N) is 1. The summed E-state index contributed by atoms with van der Waals surface area (Å²) < 4.78 is 15.8. The molecule has 0 saturated carbocycles. The number of ether oxygens (including phenoxy) is 1. The maximum atomic E-state index is 11.5. The number of esters is 1. The van der Waals surface area contributed by atoms with Gasteiger partial charge in [-0.3, -0.25) is 0 Å². The zero-order chi connectivity index (χ0) is 16.2. The molecule has 2 aromatic heterocycles. The van der Waals surface area contributed by atoms with Crippen molar-refractivity contribution in [1.29, 1.82) is 0 Å². The van der Waals surface area contributed by atoms with Gasteiger partial charge in [0.1, 0.15) is 11.3 Å². The molecular formula is C17H19ClN2O4. The van der Waals surface area contributed by atoms with Crippen LogP contribution in [-0.2, 0) is 11.3 Å². The monoisotopic (exact) mass is 350 g/mol. The number of fused-ring (bicyclic) bond motifs is 1. The van der Waals surface area contributed by atoms with Crippen LogP contribution in [0.25, 0.3) is 11.0 Å². The fourth-order valence-electron chi connectivity index (χ4n) is 2.27. The van der Waals surface area contributed by atoms with Crippen LogP contribution in [0.15, 0.2) is 45.3 Å². The summed E-state index contributed by atoms with van der Waals surface area (Å²) in [6, 6.07) is 11.5. The number of hydrogen-bond acceptors (Lipinski definition) is 6. The van der Waals surface area contributed by atoms with Crippen molar-refractivity contribution < 1.29 is 18.5 Å². The SMILES string of the molecule is CCOC(=O)c1cc(CNC(C)c2cc3ccccc3o2)on1.Cl. The van der Waals surface area contributed by atoms with Gasteiger partial charge in [-0.05, 0) is 26.0 Å². The number of aromatic nitrogens is 1. The van der Waals surface area contributed by atoms with Crippen LogP contribution >= 0.6 is 12.4 Å². The molecule has 7 heteroatoms. The van der Waals surface area contributed by atoms with E-state index >= 15 is 0 Å². The van der Waals surface area contributed by atoms with Gasteiger partial charge < -0.3 is 19.0 Å². The third kappa shape index (κ3) is 3.96. The van der Waals surface area contributed by atoms with Crippen LogP contribution in [0.1, 0.15) is 41.9 Å². The van der Waals surface area contributed by atoms with Crippen molar-refractivity contribution in [1.82, 2.24) is 10.5 Å². The lowest BCUT2D eigenvalue weighted by Gasteiger charge is -2.08. The summed E-state index contributed by atoms with van der Waals surface area (Å²) in [7, 11) is 0. The molecule has 1 N–H and O–H groups in total. The van der Waals surface area contributed by atoms with Gasteiger partial charge in [0.05, 0.1) is 19.2 Å². The van der Waals surface area contributed by atoms with E-state index in [9.17, 15) is 4.79 Å². The number of para-hydroxylation sites is 1. The standard InChI is InChI=1S/C17H18N2O4.ClH/c1-3-21-17(20)14-9-13(23-19-14)10-18-11(2)16-8-12-6-4-5-7-15(12)22-16;/h4-9,11,18H,3,10H2,1-2H3;1H. The van der Waals surface area contributed by atoms with Gasteiger partial charge in [0.2, 0.25) is 0 Å². The van der Waals surface area contributed by atoms with Gasteiger partial charge in [-0.1, -0.05) is 23.4 Å². The van der Waals surface area contributed by atoms with Crippen LogP contribution in [0, 0.1) is 0 Å². The van der Waals surface area contributed by atoms with Crippen LogP contribution in [0.5, 0.6) is 0 Å². The zero-order valence-electron chi connectivity index (χ0n) is 13.4. The molecule has 128 valence electrons. The summed E-state index contributed by atoms with van der Waals surface area (Å²) in [5.74, 6) is 0.931. The molecule has 0 spiro atoms. The van der Waals surface area contributed by atoms with Crippen LogP contribution in [0.4, 0.5) is 0 Å². The largest absolute Gasteiger partial charge is 0.461 e. The van der Waals surface area contributed by atoms with Gasteiger partial charge >= 0.3 is 5.97 Å². The van der Waals surface area contributed by atoms with E-state index in [1.165, 1.54) is 0 Å². The molecule has 24 heavy (non-hydrogen) atoms. The fraction of sp³-hybridized carbons (Fsp3) is 0.294. The van der Waals surface area contributed by atoms with E-state index in [1.807, 2.05) is 37.3 Å². The van der Waals surface area contributed by atoms with Crippen LogP contribution in [0.3, 0.4) is 0 Å². The lowest BCUT2D eigenvalue weighted by atomic mass is 10.2. The maximum absolute atomic E-state index is 11.5. The third-order valence-electron chi connectivity index (χ3n) is 3.50. The van der Waals surface area contributed by atoms with E-state index in [1.54, 1.807) is 13.0 Å². The Bertz CT molecular complexity index is 779. The van der Waals surface area contributed by atoms with Crippen molar-refractivity contribution in [3.05, 3.63) is 53.6 Å². The van der Waals surface area contributed by atoms with Crippen LogP contribution in [0.2, 0.25) is 0 Å². The second kappa shape index (κ2) is 7.99. The van der Waals surface area contributed by atoms with Crippen molar-refractivity contribution in [3.63, 3.8) is 0 Å². The van der Waals surface area contributed by atoms with Crippen molar-refractivity contribution in [2.45, 2.75) is 26.4 Å². The summed E-state index contributed by atoms with van der Waals surface area (Å²) in [5.41, 5.74) is 1.04. The number of carbonyl (C=O) groups is 1. The van der Waals surface area contributed by atoms with Gasteiger partial charge in [-0.2, -0.15) is 0 Å². The number of nitrogens with one attached hydrogen (secondary N) is 1. The average molecular weight is 351 g/mol. The van der Waals surface area contributed by atoms with Crippen molar-refractivity contribution in [2.24, 2.45) is 0 Å². The molecule has 0 saturated heterocycles. The molecule has 0 aliphatic carbocycles. The topological polar surface area (TPSA) is 77.5 Å². The number of hydrogen-bond donors (Lipinski definition) is 1. The van der Waals surface area contributed by atoms with Crippen molar-refractivity contribution in [3.8, 4) is 0 Å². The number of benzene rings is 1. The Balaban J connectivity index is 0.00000208. The van der Waals surface area contributed by atoms with E-state index in [2.05, 4.69) is 10.5 Å². The molecule has 1 aromatic carbocycles. The molecule has 1 unspecified atom stereocenters. The van der Waals surface area contributed by atoms with E-state index in [-0.39, 0.29) is 24.1 Å². The number of carbonyl (C=O) groups excluding carboxylic acids is 1.